The Labute approximate surface area is 135 Å². The van der Waals surface area contributed by atoms with Crippen molar-refractivity contribution in [2.75, 3.05) is 5.73 Å². The van der Waals surface area contributed by atoms with Crippen LogP contribution in [0.5, 0.6) is 0 Å². The lowest BCUT2D eigenvalue weighted by Gasteiger charge is -2.29. The maximum atomic E-state index is 11.7. The first-order valence-corrected chi connectivity index (χ1v) is 7.78. The zero-order valence-electron chi connectivity index (χ0n) is 13.7. The Hall–Kier alpha value is -2.37. The van der Waals surface area contributed by atoms with Crippen LogP contribution in [-0.4, -0.2) is 25.8 Å². The number of fused-ring (bicyclic) bond motifs is 1. The Kier molecular flexibility index (Phi) is 3.62. The second-order valence-corrected chi connectivity index (χ2v) is 7.20. The molecule has 122 valence electrons. The molecule has 0 bridgehead atoms. The molecule has 0 saturated heterocycles. The first kappa shape index (κ1) is 15.5. The lowest BCUT2D eigenvalue weighted by molar-refractivity contribution is -0.143. The van der Waals surface area contributed by atoms with Crippen molar-refractivity contribution < 1.29 is 9.90 Å². The average Bonchev–Trinajstić information content (AvgIpc) is 2.84. The molecule has 0 spiro atoms. The van der Waals surface area contributed by atoms with Gasteiger partial charge in [0.2, 0.25) is 5.95 Å². The van der Waals surface area contributed by atoms with E-state index in [1.807, 2.05) is 12.1 Å². The topological polar surface area (TPSA) is 94.0 Å². The first-order chi connectivity index (χ1) is 10.8. The largest absolute Gasteiger partial charge is 0.481 e. The smallest absolute Gasteiger partial charge is 0.307 e. The van der Waals surface area contributed by atoms with E-state index in [0.717, 1.165) is 5.56 Å². The molecule has 23 heavy (non-hydrogen) atoms. The fraction of sp³-hybridized carbons (Fsp3) is 0.471. The molecule has 2 aromatic rings. The summed E-state index contributed by atoms with van der Waals surface area (Å²) in [5.74, 6) is -0.588. The molecule has 6 nitrogen and oxygen atoms in total. The van der Waals surface area contributed by atoms with E-state index < -0.39 is 11.9 Å². The second kappa shape index (κ2) is 5.37. The summed E-state index contributed by atoms with van der Waals surface area (Å²) in [4.78, 5) is 15.8. The van der Waals surface area contributed by atoms with Crippen LogP contribution in [0.2, 0.25) is 0 Å². The van der Waals surface area contributed by atoms with Gasteiger partial charge in [0.15, 0.2) is 0 Å². The Morgan fingerprint density at radius 1 is 1.30 bits per heavy atom. The summed E-state index contributed by atoms with van der Waals surface area (Å²) in [6.45, 7) is 6.97. The number of hydrogen-bond donors (Lipinski definition) is 2. The lowest BCUT2D eigenvalue weighted by atomic mass is 9.80. The minimum atomic E-state index is -0.803. The van der Waals surface area contributed by atoms with Gasteiger partial charge in [-0.15, -0.1) is 5.10 Å². The molecule has 2 atom stereocenters. The predicted molar refractivity (Wildman–Crippen MR) is 87.1 cm³/mol. The molecule has 6 heteroatoms. The molecule has 1 aromatic carbocycles. The van der Waals surface area contributed by atoms with E-state index in [9.17, 15) is 9.90 Å². The molecule has 0 radical (unpaired) electrons. The number of nitrogen functional groups attached to an aromatic ring is 1. The molecule has 0 amide bonds. The van der Waals surface area contributed by atoms with E-state index in [4.69, 9.17) is 5.73 Å². The van der Waals surface area contributed by atoms with E-state index in [1.54, 1.807) is 4.68 Å². The standard InChI is InChI=1S/C17H22N4O2/c1-17(2,3)11-6-4-10(5-7-11)13-9-21-14(19-16(18)20-21)8-12(13)15(22)23/h4-7,12-13H,8-9H2,1-3H3,(H2,18,20)(H,22,23). The average molecular weight is 314 g/mol. The molecule has 2 heterocycles. The van der Waals surface area contributed by atoms with Crippen molar-refractivity contribution in [2.24, 2.45) is 5.92 Å². The first-order valence-electron chi connectivity index (χ1n) is 7.78. The number of aliphatic carboxylic acids is 1. The number of rotatable bonds is 2. The Morgan fingerprint density at radius 3 is 2.52 bits per heavy atom. The van der Waals surface area contributed by atoms with Crippen molar-refractivity contribution in [1.82, 2.24) is 14.8 Å². The van der Waals surface area contributed by atoms with Gasteiger partial charge in [0.1, 0.15) is 5.82 Å². The van der Waals surface area contributed by atoms with Crippen molar-refractivity contribution in [3.8, 4) is 0 Å². The molecule has 0 fully saturated rings. The summed E-state index contributed by atoms with van der Waals surface area (Å²) in [6, 6.07) is 8.23. The molecule has 3 N–H and O–H groups in total. The number of nitrogens with zero attached hydrogens (tertiary/aromatic N) is 3. The fourth-order valence-electron chi connectivity index (χ4n) is 3.17. The fourth-order valence-corrected chi connectivity index (χ4v) is 3.17. The van der Waals surface area contributed by atoms with Gasteiger partial charge in [0.25, 0.3) is 0 Å². The summed E-state index contributed by atoms with van der Waals surface area (Å²) < 4.78 is 1.73. The van der Waals surface area contributed by atoms with Crippen LogP contribution < -0.4 is 5.73 Å². The van der Waals surface area contributed by atoms with E-state index in [0.29, 0.717) is 18.8 Å². The Balaban J connectivity index is 1.95. The van der Waals surface area contributed by atoms with Crippen LogP contribution in [0.4, 0.5) is 5.95 Å². The highest BCUT2D eigenvalue weighted by molar-refractivity contribution is 5.72. The summed E-state index contributed by atoms with van der Waals surface area (Å²) in [6.07, 6.45) is 0.352. The van der Waals surface area contributed by atoms with Gasteiger partial charge in [0, 0.05) is 12.3 Å². The van der Waals surface area contributed by atoms with E-state index in [1.165, 1.54) is 5.56 Å². The Morgan fingerprint density at radius 2 is 1.96 bits per heavy atom. The minimum Gasteiger partial charge on any atom is -0.481 e. The zero-order chi connectivity index (χ0) is 16.8. The van der Waals surface area contributed by atoms with Gasteiger partial charge in [0.05, 0.1) is 12.5 Å². The number of aromatic nitrogens is 3. The molecular formula is C17H22N4O2. The highest BCUT2D eigenvalue weighted by Gasteiger charge is 2.36. The van der Waals surface area contributed by atoms with Crippen molar-refractivity contribution in [2.45, 2.75) is 45.1 Å². The zero-order valence-corrected chi connectivity index (χ0v) is 13.7. The van der Waals surface area contributed by atoms with Crippen molar-refractivity contribution in [3.63, 3.8) is 0 Å². The van der Waals surface area contributed by atoms with Crippen LogP contribution in [0.25, 0.3) is 0 Å². The maximum absolute atomic E-state index is 11.7. The SMILES string of the molecule is CC(C)(C)c1ccc(C2Cn3nc(N)nc3CC2C(=O)O)cc1. The summed E-state index contributed by atoms with van der Waals surface area (Å²) >= 11 is 0. The number of carboxylic acid groups (broad SMARTS) is 1. The predicted octanol–water partition coefficient (Wildman–Crippen LogP) is 2.20. The number of carboxylic acids is 1. The van der Waals surface area contributed by atoms with Crippen LogP contribution in [0.1, 0.15) is 43.6 Å². The van der Waals surface area contributed by atoms with Gasteiger partial charge in [-0.25, -0.2) is 4.68 Å². The molecular weight excluding hydrogens is 292 g/mol. The molecule has 3 rings (SSSR count). The number of nitrogens with two attached hydrogens (primary N) is 1. The molecule has 2 unspecified atom stereocenters. The van der Waals surface area contributed by atoms with Crippen molar-refractivity contribution >= 4 is 11.9 Å². The van der Waals surface area contributed by atoms with Gasteiger partial charge in [-0.1, -0.05) is 45.0 Å². The number of benzene rings is 1. The van der Waals surface area contributed by atoms with Gasteiger partial charge in [-0.2, -0.15) is 4.98 Å². The van der Waals surface area contributed by atoms with Crippen LogP contribution in [0.15, 0.2) is 24.3 Å². The summed E-state index contributed by atoms with van der Waals surface area (Å²) in [5.41, 5.74) is 7.97. The van der Waals surface area contributed by atoms with Crippen LogP contribution in [0.3, 0.4) is 0 Å². The summed E-state index contributed by atoms with van der Waals surface area (Å²) in [7, 11) is 0. The Bertz CT molecular complexity index is 728. The van der Waals surface area contributed by atoms with Crippen LogP contribution in [0, 0.1) is 5.92 Å². The maximum Gasteiger partial charge on any atom is 0.307 e. The third kappa shape index (κ3) is 2.93. The highest BCUT2D eigenvalue weighted by atomic mass is 16.4. The van der Waals surface area contributed by atoms with Gasteiger partial charge in [-0.05, 0) is 16.5 Å². The van der Waals surface area contributed by atoms with Gasteiger partial charge < -0.3 is 10.8 Å². The third-order valence-electron chi connectivity index (χ3n) is 4.54. The number of carbonyl (C=O) groups is 1. The van der Waals surface area contributed by atoms with Crippen LogP contribution >= 0.6 is 0 Å². The molecule has 0 aliphatic carbocycles. The second-order valence-electron chi connectivity index (χ2n) is 7.20. The van der Waals surface area contributed by atoms with Gasteiger partial charge >= 0.3 is 5.97 Å². The molecule has 0 saturated carbocycles. The third-order valence-corrected chi connectivity index (χ3v) is 4.54. The monoisotopic (exact) mass is 314 g/mol. The van der Waals surface area contributed by atoms with E-state index in [-0.39, 0.29) is 17.3 Å². The lowest BCUT2D eigenvalue weighted by Crippen LogP contribution is -2.33. The van der Waals surface area contributed by atoms with Gasteiger partial charge in [-0.3, -0.25) is 4.79 Å². The van der Waals surface area contributed by atoms with Crippen molar-refractivity contribution in [3.05, 3.63) is 41.2 Å². The van der Waals surface area contributed by atoms with E-state index in [2.05, 4.69) is 43.0 Å². The molecule has 1 aliphatic rings. The normalized spacial score (nSPS) is 21.0. The van der Waals surface area contributed by atoms with Crippen LogP contribution in [-0.2, 0) is 23.2 Å². The molecule has 1 aliphatic heterocycles. The quantitative estimate of drug-likeness (QED) is 0.886. The van der Waals surface area contributed by atoms with Crippen molar-refractivity contribution in [1.29, 1.82) is 0 Å². The van der Waals surface area contributed by atoms with E-state index >= 15 is 0 Å². The number of anilines is 1. The number of hydrogen-bond acceptors (Lipinski definition) is 4. The highest BCUT2D eigenvalue weighted by Crippen LogP contribution is 2.34. The summed E-state index contributed by atoms with van der Waals surface area (Å²) in [5, 5.41) is 13.8. The minimum absolute atomic E-state index is 0.0742. The molecule has 1 aromatic heterocycles.